The summed E-state index contributed by atoms with van der Waals surface area (Å²) in [5.74, 6) is 0.180. The third kappa shape index (κ3) is 3.55. The maximum Gasteiger partial charge on any atom is 0.150 e. The molecule has 0 spiro atoms. The van der Waals surface area contributed by atoms with Crippen LogP contribution in [0.4, 0.5) is 0 Å². The van der Waals surface area contributed by atoms with Crippen LogP contribution in [-0.4, -0.2) is 24.9 Å². The molecule has 2 rings (SSSR count). The second-order valence-corrected chi connectivity index (χ2v) is 8.45. The van der Waals surface area contributed by atoms with Crippen molar-refractivity contribution in [3.8, 4) is 0 Å². The Balaban J connectivity index is 2.16. The molecule has 6 heteroatoms. The predicted molar refractivity (Wildman–Crippen MR) is 79.5 cm³/mol. The van der Waals surface area contributed by atoms with E-state index in [4.69, 9.17) is 5.73 Å². The molecule has 3 unspecified atom stereocenters. The summed E-state index contributed by atoms with van der Waals surface area (Å²) in [6.07, 6.45) is 6.32. The van der Waals surface area contributed by atoms with Crippen LogP contribution in [0.25, 0.3) is 0 Å². The zero-order valence-electron chi connectivity index (χ0n) is 10.9. The molecule has 106 valence electrons. The molecular formula is C13H19BrN2O2S. The zero-order chi connectivity index (χ0) is 14.0. The minimum atomic E-state index is -2.97. The van der Waals surface area contributed by atoms with Crippen LogP contribution in [0.2, 0.25) is 0 Å². The summed E-state index contributed by atoms with van der Waals surface area (Å²) in [5.41, 5.74) is 7.11. The molecule has 0 radical (unpaired) electrons. The van der Waals surface area contributed by atoms with Crippen molar-refractivity contribution in [3.05, 3.63) is 28.5 Å². The van der Waals surface area contributed by atoms with Crippen LogP contribution in [0.1, 0.15) is 37.4 Å². The maximum absolute atomic E-state index is 11.7. The number of nitrogens with zero attached hydrogens (tertiary/aromatic N) is 1. The molecule has 4 nitrogen and oxygen atoms in total. The third-order valence-electron chi connectivity index (χ3n) is 3.88. The summed E-state index contributed by atoms with van der Waals surface area (Å²) in [6.45, 7) is 0. The van der Waals surface area contributed by atoms with Gasteiger partial charge in [-0.05, 0) is 53.2 Å². The number of halogens is 1. The standard InChI is InChI=1S/C13H19BrN2O2S/c1-19(17,18)10-5-2-4-9(8-10)12(15)13-11(14)6-3-7-16-13/h3,6-7,9-10,12H,2,4-5,8,15H2,1H3. The van der Waals surface area contributed by atoms with Crippen molar-refractivity contribution in [1.82, 2.24) is 4.98 Å². The van der Waals surface area contributed by atoms with Crippen LogP contribution in [0.5, 0.6) is 0 Å². The fourth-order valence-electron chi connectivity index (χ4n) is 2.76. The summed E-state index contributed by atoms with van der Waals surface area (Å²) in [4.78, 5) is 4.32. The van der Waals surface area contributed by atoms with E-state index >= 15 is 0 Å². The highest BCUT2D eigenvalue weighted by atomic mass is 79.9. The second-order valence-electron chi connectivity index (χ2n) is 5.27. The van der Waals surface area contributed by atoms with Crippen molar-refractivity contribution >= 4 is 25.8 Å². The van der Waals surface area contributed by atoms with Crippen LogP contribution in [0.3, 0.4) is 0 Å². The van der Waals surface area contributed by atoms with Gasteiger partial charge in [0, 0.05) is 16.9 Å². The van der Waals surface area contributed by atoms with Crippen molar-refractivity contribution in [2.45, 2.75) is 37.0 Å². The van der Waals surface area contributed by atoms with Gasteiger partial charge in [-0.15, -0.1) is 0 Å². The van der Waals surface area contributed by atoms with Gasteiger partial charge in [0.2, 0.25) is 0 Å². The van der Waals surface area contributed by atoms with Gasteiger partial charge in [0.25, 0.3) is 0 Å². The molecular weight excluding hydrogens is 328 g/mol. The Morgan fingerprint density at radius 3 is 2.84 bits per heavy atom. The number of hydrogen-bond acceptors (Lipinski definition) is 4. The first-order valence-corrected chi connectivity index (χ1v) is 9.19. The summed E-state index contributed by atoms with van der Waals surface area (Å²) >= 11 is 3.46. The molecule has 0 amide bonds. The molecule has 1 aliphatic carbocycles. The molecule has 19 heavy (non-hydrogen) atoms. The molecule has 2 N–H and O–H groups in total. The molecule has 1 aromatic heterocycles. The van der Waals surface area contributed by atoms with Crippen LogP contribution in [0.15, 0.2) is 22.8 Å². The van der Waals surface area contributed by atoms with Gasteiger partial charge in [-0.3, -0.25) is 4.98 Å². The minimum Gasteiger partial charge on any atom is -0.322 e. The van der Waals surface area contributed by atoms with Gasteiger partial charge < -0.3 is 5.73 Å². The van der Waals surface area contributed by atoms with E-state index in [1.165, 1.54) is 6.26 Å². The monoisotopic (exact) mass is 346 g/mol. The van der Waals surface area contributed by atoms with Crippen LogP contribution in [-0.2, 0) is 9.84 Å². The van der Waals surface area contributed by atoms with Gasteiger partial charge in [-0.25, -0.2) is 8.42 Å². The van der Waals surface area contributed by atoms with Crippen LogP contribution < -0.4 is 5.73 Å². The molecule has 1 heterocycles. The summed E-state index contributed by atoms with van der Waals surface area (Å²) < 4.78 is 24.3. The average molecular weight is 347 g/mol. The Kier molecular flexibility index (Phi) is 4.63. The van der Waals surface area contributed by atoms with Gasteiger partial charge >= 0.3 is 0 Å². The smallest absolute Gasteiger partial charge is 0.150 e. The van der Waals surface area contributed by atoms with Crippen molar-refractivity contribution in [1.29, 1.82) is 0 Å². The van der Waals surface area contributed by atoms with Crippen LogP contribution >= 0.6 is 15.9 Å². The molecule has 0 aromatic carbocycles. The molecule has 1 aliphatic rings. The van der Waals surface area contributed by atoms with Crippen molar-refractivity contribution in [2.75, 3.05) is 6.26 Å². The van der Waals surface area contributed by atoms with E-state index in [0.29, 0.717) is 6.42 Å². The highest BCUT2D eigenvalue weighted by molar-refractivity contribution is 9.10. The van der Waals surface area contributed by atoms with Gasteiger partial charge in [0.15, 0.2) is 0 Å². The van der Waals surface area contributed by atoms with Gasteiger partial charge in [-0.1, -0.05) is 6.42 Å². The Morgan fingerprint density at radius 2 is 2.21 bits per heavy atom. The second kappa shape index (κ2) is 5.89. The number of aromatic nitrogens is 1. The van der Waals surface area contributed by atoms with Gasteiger partial charge in [0.1, 0.15) is 9.84 Å². The molecule has 1 fully saturated rings. The van der Waals surface area contributed by atoms with E-state index in [1.807, 2.05) is 12.1 Å². The minimum absolute atomic E-state index is 0.180. The Bertz CT molecular complexity index is 547. The number of sulfone groups is 1. The predicted octanol–water partition coefficient (Wildman–Crippen LogP) is 2.45. The SMILES string of the molecule is CS(=O)(=O)C1CCCC(C(N)c2ncccc2Br)C1. The van der Waals surface area contributed by atoms with Gasteiger partial charge in [-0.2, -0.15) is 0 Å². The molecule has 0 saturated heterocycles. The number of hydrogen-bond donors (Lipinski definition) is 1. The Morgan fingerprint density at radius 1 is 1.47 bits per heavy atom. The molecule has 1 aromatic rings. The van der Waals surface area contributed by atoms with Crippen LogP contribution in [0, 0.1) is 5.92 Å². The van der Waals surface area contributed by atoms with Gasteiger partial charge in [0.05, 0.1) is 17.0 Å². The summed E-state index contributed by atoms with van der Waals surface area (Å²) in [6, 6.07) is 3.56. The van der Waals surface area contributed by atoms with Crippen molar-refractivity contribution < 1.29 is 8.42 Å². The fraction of sp³-hybridized carbons (Fsp3) is 0.615. The third-order valence-corrected chi connectivity index (χ3v) is 6.19. The summed E-state index contributed by atoms with van der Waals surface area (Å²) in [7, 11) is -2.97. The molecule has 1 saturated carbocycles. The highest BCUT2D eigenvalue weighted by Gasteiger charge is 2.33. The largest absolute Gasteiger partial charge is 0.322 e. The van der Waals surface area contributed by atoms with E-state index in [1.54, 1.807) is 6.20 Å². The zero-order valence-corrected chi connectivity index (χ0v) is 13.3. The Hall–Kier alpha value is -0.460. The molecule has 0 aliphatic heterocycles. The molecule has 3 atom stereocenters. The number of rotatable bonds is 3. The normalized spacial score (nSPS) is 26.1. The lowest BCUT2D eigenvalue weighted by molar-refractivity contribution is 0.305. The topological polar surface area (TPSA) is 73.0 Å². The lowest BCUT2D eigenvalue weighted by Crippen LogP contribution is -2.33. The molecule has 0 bridgehead atoms. The maximum atomic E-state index is 11.7. The van der Waals surface area contributed by atoms with E-state index in [9.17, 15) is 8.42 Å². The number of pyridine rings is 1. The first kappa shape index (κ1) is 14.9. The summed E-state index contributed by atoms with van der Waals surface area (Å²) in [5, 5.41) is -0.250. The average Bonchev–Trinajstić information content (AvgIpc) is 2.38. The van der Waals surface area contributed by atoms with E-state index < -0.39 is 9.84 Å². The van der Waals surface area contributed by atoms with E-state index in [2.05, 4.69) is 20.9 Å². The lowest BCUT2D eigenvalue weighted by Gasteiger charge is -2.32. The Labute approximate surface area is 122 Å². The van der Waals surface area contributed by atoms with Crippen molar-refractivity contribution in [3.63, 3.8) is 0 Å². The first-order chi connectivity index (χ1) is 8.89. The fourth-order valence-corrected chi connectivity index (χ4v) is 4.47. The van der Waals surface area contributed by atoms with Crippen molar-refractivity contribution in [2.24, 2.45) is 11.7 Å². The lowest BCUT2D eigenvalue weighted by atomic mass is 9.82. The van der Waals surface area contributed by atoms with E-state index in [0.717, 1.165) is 29.4 Å². The quantitative estimate of drug-likeness (QED) is 0.912. The highest BCUT2D eigenvalue weighted by Crippen LogP contribution is 2.36. The first-order valence-electron chi connectivity index (χ1n) is 6.44. The van der Waals surface area contributed by atoms with E-state index in [-0.39, 0.29) is 17.2 Å². The number of nitrogens with two attached hydrogens (primary N) is 1.